The minimum Gasteiger partial charge on any atom is -0.396 e. The molecule has 0 unspecified atom stereocenters. The van der Waals surface area contributed by atoms with E-state index in [1.165, 1.54) is 0 Å². The predicted molar refractivity (Wildman–Crippen MR) is 47.9 cm³/mol. The first-order chi connectivity index (χ1) is 5.68. The van der Waals surface area contributed by atoms with E-state index >= 15 is 0 Å². The highest BCUT2D eigenvalue weighted by Crippen LogP contribution is 2.24. The van der Waals surface area contributed by atoms with Crippen molar-refractivity contribution >= 4 is 16.7 Å². The molecule has 1 aromatic heterocycles. The van der Waals surface area contributed by atoms with Crippen LogP contribution in [0.4, 0.5) is 5.69 Å². The zero-order valence-corrected chi connectivity index (χ0v) is 7.09. The maximum absolute atomic E-state index is 5.74. The van der Waals surface area contributed by atoms with Crippen LogP contribution in [0.25, 0.3) is 11.0 Å². The molecule has 3 heteroatoms. The van der Waals surface area contributed by atoms with Crippen molar-refractivity contribution in [2.75, 3.05) is 5.73 Å². The van der Waals surface area contributed by atoms with Crippen molar-refractivity contribution in [2.24, 2.45) is 0 Å². The highest BCUT2D eigenvalue weighted by molar-refractivity contribution is 5.89. The molecule has 2 aromatic rings. The number of hydrogen-bond donors (Lipinski definition) is 1. The van der Waals surface area contributed by atoms with E-state index in [9.17, 15) is 0 Å². The van der Waals surface area contributed by atoms with E-state index in [1.807, 2.05) is 26.0 Å². The Morgan fingerprint density at radius 2 is 2.08 bits per heavy atom. The largest absolute Gasteiger partial charge is 0.396 e. The molecule has 0 saturated carbocycles. The van der Waals surface area contributed by atoms with Gasteiger partial charge >= 0.3 is 0 Å². The smallest absolute Gasteiger partial charge is 0.189 e. The van der Waals surface area contributed by atoms with Gasteiger partial charge in [-0.25, -0.2) is 0 Å². The number of anilines is 1. The number of nitrogens with two attached hydrogens (primary N) is 1. The van der Waals surface area contributed by atoms with Crippen molar-refractivity contribution in [3.63, 3.8) is 0 Å². The average Bonchev–Trinajstić information content (AvgIpc) is 2.33. The zero-order chi connectivity index (χ0) is 8.72. The maximum Gasteiger partial charge on any atom is 0.189 e. The molecule has 0 aliphatic carbocycles. The summed E-state index contributed by atoms with van der Waals surface area (Å²) >= 11 is 0. The van der Waals surface area contributed by atoms with Gasteiger partial charge in [-0.3, -0.25) is 0 Å². The lowest BCUT2D eigenvalue weighted by atomic mass is 10.1. The normalized spacial score (nSPS) is 10.8. The Kier molecular flexibility index (Phi) is 1.33. The Morgan fingerprint density at radius 1 is 1.33 bits per heavy atom. The van der Waals surface area contributed by atoms with Gasteiger partial charge in [0, 0.05) is 5.39 Å². The van der Waals surface area contributed by atoms with E-state index in [2.05, 4.69) is 5.16 Å². The van der Waals surface area contributed by atoms with E-state index < -0.39 is 0 Å². The third kappa shape index (κ3) is 0.863. The predicted octanol–water partition coefficient (Wildman–Crippen LogP) is 2.03. The Hall–Kier alpha value is -1.51. The van der Waals surface area contributed by atoms with E-state index in [1.54, 1.807) is 0 Å². The topological polar surface area (TPSA) is 52.0 Å². The van der Waals surface area contributed by atoms with Gasteiger partial charge in [-0.05, 0) is 31.5 Å². The van der Waals surface area contributed by atoms with Gasteiger partial charge in [0.15, 0.2) is 5.58 Å². The second-order valence-electron chi connectivity index (χ2n) is 3.00. The Labute approximate surface area is 70.1 Å². The van der Waals surface area contributed by atoms with Crippen molar-refractivity contribution in [3.05, 3.63) is 23.4 Å². The Morgan fingerprint density at radius 3 is 2.83 bits per heavy atom. The molecule has 0 aliphatic rings. The summed E-state index contributed by atoms with van der Waals surface area (Å²) in [7, 11) is 0. The Balaban J connectivity index is 2.92. The molecule has 0 fully saturated rings. The molecule has 0 bridgehead atoms. The van der Waals surface area contributed by atoms with E-state index in [0.29, 0.717) is 11.3 Å². The molecule has 0 radical (unpaired) electrons. The number of aromatic nitrogens is 1. The molecule has 12 heavy (non-hydrogen) atoms. The monoisotopic (exact) mass is 162 g/mol. The molecule has 0 saturated heterocycles. The van der Waals surface area contributed by atoms with Gasteiger partial charge in [0.2, 0.25) is 0 Å². The number of nitrogens with zero attached hydrogens (tertiary/aromatic N) is 1. The van der Waals surface area contributed by atoms with Gasteiger partial charge in [-0.1, -0.05) is 5.16 Å². The third-order valence-corrected chi connectivity index (χ3v) is 1.93. The van der Waals surface area contributed by atoms with Crippen LogP contribution in [0.15, 0.2) is 16.7 Å². The first-order valence-electron chi connectivity index (χ1n) is 3.80. The molecule has 2 N–H and O–H groups in total. The van der Waals surface area contributed by atoms with Crippen LogP contribution in [-0.2, 0) is 0 Å². The molecule has 0 aliphatic heterocycles. The molecule has 3 nitrogen and oxygen atoms in total. The summed E-state index contributed by atoms with van der Waals surface area (Å²) in [6.07, 6.45) is 0. The van der Waals surface area contributed by atoms with Crippen LogP contribution < -0.4 is 5.73 Å². The number of fused-ring (bicyclic) bond motifs is 1. The highest BCUT2D eigenvalue weighted by atomic mass is 16.5. The standard InChI is InChI=1S/C9H10N2O/c1-5-3-7-6(2)11-12-9(7)8(10)4-5/h3-4H,10H2,1-2H3. The first-order valence-corrected chi connectivity index (χ1v) is 3.80. The molecular formula is C9H10N2O. The van der Waals surface area contributed by atoms with E-state index in [-0.39, 0.29) is 0 Å². The Bertz CT molecular complexity index is 431. The first kappa shape index (κ1) is 7.16. The molecule has 0 atom stereocenters. The zero-order valence-electron chi connectivity index (χ0n) is 7.09. The summed E-state index contributed by atoms with van der Waals surface area (Å²) in [6.45, 7) is 3.91. The summed E-state index contributed by atoms with van der Waals surface area (Å²) in [5.41, 5.74) is 9.11. The third-order valence-electron chi connectivity index (χ3n) is 1.93. The lowest BCUT2D eigenvalue weighted by Crippen LogP contribution is -1.86. The van der Waals surface area contributed by atoms with Gasteiger partial charge in [0.05, 0.1) is 11.4 Å². The maximum atomic E-state index is 5.74. The summed E-state index contributed by atoms with van der Waals surface area (Å²) in [4.78, 5) is 0. The minimum atomic E-state index is 0.658. The van der Waals surface area contributed by atoms with Crippen LogP contribution in [0, 0.1) is 13.8 Å². The lowest BCUT2D eigenvalue weighted by Gasteiger charge is -1.95. The second kappa shape index (κ2) is 2.24. The van der Waals surface area contributed by atoms with Crippen LogP contribution in [0.3, 0.4) is 0 Å². The van der Waals surface area contributed by atoms with Crippen LogP contribution in [0.2, 0.25) is 0 Å². The van der Waals surface area contributed by atoms with Gasteiger partial charge in [-0.2, -0.15) is 0 Å². The number of hydrogen-bond acceptors (Lipinski definition) is 3. The molecule has 2 rings (SSSR count). The quantitative estimate of drug-likeness (QED) is 0.603. The van der Waals surface area contributed by atoms with Crippen LogP contribution in [0.1, 0.15) is 11.3 Å². The molecule has 62 valence electrons. The van der Waals surface area contributed by atoms with Crippen LogP contribution >= 0.6 is 0 Å². The fourth-order valence-electron chi connectivity index (χ4n) is 1.34. The molecule has 1 heterocycles. The molecule has 0 spiro atoms. The summed E-state index contributed by atoms with van der Waals surface area (Å²) < 4.78 is 5.06. The molecule has 1 aromatic carbocycles. The van der Waals surface area contributed by atoms with Gasteiger partial charge in [-0.15, -0.1) is 0 Å². The number of nitrogen functional groups attached to an aromatic ring is 1. The minimum absolute atomic E-state index is 0.658. The number of aryl methyl sites for hydroxylation is 2. The average molecular weight is 162 g/mol. The van der Waals surface area contributed by atoms with Crippen molar-refractivity contribution in [3.8, 4) is 0 Å². The van der Waals surface area contributed by atoms with Gasteiger partial charge in [0.25, 0.3) is 0 Å². The lowest BCUT2D eigenvalue weighted by molar-refractivity contribution is 0.451. The van der Waals surface area contributed by atoms with Crippen molar-refractivity contribution < 1.29 is 4.52 Å². The fraction of sp³-hybridized carbons (Fsp3) is 0.222. The van der Waals surface area contributed by atoms with Gasteiger partial charge in [0.1, 0.15) is 0 Å². The second-order valence-corrected chi connectivity index (χ2v) is 3.00. The van der Waals surface area contributed by atoms with Gasteiger partial charge < -0.3 is 10.3 Å². The van der Waals surface area contributed by atoms with Crippen LogP contribution in [0.5, 0.6) is 0 Å². The molecular weight excluding hydrogens is 152 g/mol. The summed E-state index contributed by atoms with van der Waals surface area (Å²) in [5, 5.41) is 4.85. The number of benzene rings is 1. The van der Waals surface area contributed by atoms with E-state index in [0.717, 1.165) is 16.6 Å². The molecule has 0 amide bonds. The SMILES string of the molecule is Cc1cc(N)c2onc(C)c2c1. The van der Waals surface area contributed by atoms with Crippen molar-refractivity contribution in [1.29, 1.82) is 0 Å². The van der Waals surface area contributed by atoms with E-state index in [4.69, 9.17) is 10.3 Å². The van der Waals surface area contributed by atoms with Crippen LogP contribution in [-0.4, -0.2) is 5.16 Å². The highest BCUT2D eigenvalue weighted by Gasteiger charge is 2.06. The fourth-order valence-corrected chi connectivity index (χ4v) is 1.34. The summed E-state index contributed by atoms with van der Waals surface area (Å²) in [5.74, 6) is 0. The van der Waals surface area contributed by atoms with Crippen molar-refractivity contribution in [2.45, 2.75) is 13.8 Å². The number of rotatable bonds is 0. The van der Waals surface area contributed by atoms with Crippen molar-refractivity contribution in [1.82, 2.24) is 5.16 Å². The summed E-state index contributed by atoms with van der Waals surface area (Å²) in [6, 6.07) is 3.91.